The molecule has 1 N–H and O–H groups in total. The Morgan fingerprint density at radius 1 is 1.38 bits per heavy atom. The van der Waals surface area contributed by atoms with Crippen LogP contribution in [0.3, 0.4) is 0 Å². The largest absolute Gasteiger partial charge is 0.285 e. The van der Waals surface area contributed by atoms with E-state index in [0.717, 1.165) is 20.6 Å². The summed E-state index contributed by atoms with van der Waals surface area (Å²) in [5, 5.41) is 7.37. The average Bonchev–Trinajstić information content (AvgIpc) is 2.56. The topological polar surface area (TPSA) is 28.7 Å². The lowest BCUT2D eigenvalue weighted by atomic mass is 10.1. The Bertz CT molecular complexity index is 412. The van der Waals surface area contributed by atoms with Crippen LogP contribution in [0.15, 0.2) is 35.1 Å². The Labute approximate surface area is 89.1 Å². The molecule has 0 bridgehead atoms. The normalized spacial score (nSPS) is 10.3. The second kappa shape index (κ2) is 3.52. The summed E-state index contributed by atoms with van der Waals surface area (Å²) >= 11 is 9.27. The van der Waals surface area contributed by atoms with E-state index >= 15 is 0 Å². The summed E-state index contributed by atoms with van der Waals surface area (Å²) in [6.07, 6.45) is 3.61. The van der Waals surface area contributed by atoms with Crippen molar-refractivity contribution in [3.05, 3.63) is 40.1 Å². The van der Waals surface area contributed by atoms with Gasteiger partial charge in [0.05, 0.1) is 6.20 Å². The third kappa shape index (κ3) is 1.76. The Morgan fingerprint density at radius 3 is 2.85 bits per heavy atom. The van der Waals surface area contributed by atoms with E-state index in [1.807, 2.05) is 24.4 Å². The highest BCUT2D eigenvalue weighted by atomic mass is 79.9. The highest BCUT2D eigenvalue weighted by Gasteiger charge is 2.03. The number of aromatic nitrogens is 2. The second-order valence-corrected chi connectivity index (χ2v) is 3.90. The van der Waals surface area contributed by atoms with E-state index in [1.54, 1.807) is 6.20 Å². The molecule has 0 saturated carbocycles. The van der Waals surface area contributed by atoms with Gasteiger partial charge in [0.1, 0.15) is 0 Å². The van der Waals surface area contributed by atoms with Crippen molar-refractivity contribution in [2.45, 2.75) is 0 Å². The molecule has 1 aromatic carbocycles. The van der Waals surface area contributed by atoms with Gasteiger partial charge in [0, 0.05) is 21.3 Å². The van der Waals surface area contributed by atoms with Crippen molar-refractivity contribution in [2.75, 3.05) is 0 Å². The smallest absolute Gasteiger partial charge is 0.0566 e. The fourth-order valence-electron chi connectivity index (χ4n) is 1.12. The van der Waals surface area contributed by atoms with E-state index in [0.29, 0.717) is 0 Å². The van der Waals surface area contributed by atoms with Crippen LogP contribution in [0.2, 0.25) is 5.02 Å². The third-order valence-corrected chi connectivity index (χ3v) is 2.63. The van der Waals surface area contributed by atoms with E-state index in [4.69, 9.17) is 11.6 Å². The van der Waals surface area contributed by atoms with Crippen LogP contribution in [0, 0.1) is 0 Å². The molecule has 0 amide bonds. The number of nitrogens with zero attached hydrogens (tertiary/aromatic N) is 1. The van der Waals surface area contributed by atoms with Crippen molar-refractivity contribution in [1.29, 1.82) is 0 Å². The number of hydrogen-bond donors (Lipinski definition) is 1. The summed E-state index contributed by atoms with van der Waals surface area (Å²) in [7, 11) is 0. The van der Waals surface area contributed by atoms with Crippen LogP contribution in [0.25, 0.3) is 11.1 Å². The van der Waals surface area contributed by atoms with Crippen LogP contribution in [0.5, 0.6) is 0 Å². The van der Waals surface area contributed by atoms with Crippen LogP contribution in [0.4, 0.5) is 0 Å². The Morgan fingerprint density at radius 2 is 2.23 bits per heavy atom. The predicted molar refractivity (Wildman–Crippen MR) is 56.7 cm³/mol. The third-order valence-electron chi connectivity index (χ3n) is 1.74. The summed E-state index contributed by atoms with van der Waals surface area (Å²) in [4.78, 5) is 0. The van der Waals surface area contributed by atoms with Crippen molar-refractivity contribution in [1.82, 2.24) is 10.2 Å². The number of halogens is 2. The lowest BCUT2D eigenvalue weighted by Crippen LogP contribution is -1.76. The molecule has 1 aromatic heterocycles. The van der Waals surface area contributed by atoms with Gasteiger partial charge >= 0.3 is 0 Å². The minimum absolute atomic E-state index is 0.721. The molecule has 4 heteroatoms. The van der Waals surface area contributed by atoms with E-state index in [2.05, 4.69) is 26.1 Å². The van der Waals surface area contributed by atoms with E-state index in [-0.39, 0.29) is 0 Å². The molecule has 0 atom stereocenters. The van der Waals surface area contributed by atoms with Crippen LogP contribution in [0.1, 0.15) is 0 Å². The Hall–Kier alpha value is -0.800. The molecule has 2 nitrogen and oxygen atoms in total. The summed E-state index contributed by atoms with van der Waals surface area (Å²) in [5.74, 6) is 0. The number of aromatic amines is 1. The van der Waals surface area contributed by atoms with Crippen molar-refractivity contribution >= 4 is 27.5 Å². The monoisotopic (exact) mass is 256 g/mol. The minimum Gasteiger partial charge on any atom is -0.285 e. The fraction of sp³-hybridized carbons (Fsp3) is 0. The Balaban J connectivity index is 2.53. The molecule has 0 saturated heterocycles. The molecule has 0 aliphatic rings. The second-order valence-electron chi connectivity index (χ2n) is 2.61. The van der Waals surface area contributed by atoms with Gasteiger partial charge in [0.25, 0.3) is 0 Å². The maximum absolute atomic E-state index is 5.82. The first-order valence-corrected chi connectivity index (χ1v) is 4.88. The molecular formula is C9H6BrClN2. The summed E-state index contributed by atoms with van der Waals surface area (Å²) < 4.78 is 0.974. The first kappa shape index (κ1) is 8.78. The van der Waals surface area contributed by atoms with Crippen molar-refractivity contribution in [2.24, 2.45) is 0 Å². The zero-order valence-corrected chi connectivity index (χ0v) is 8.93. The zero-order chi connectivity index (χ0) is 9.26. The molecule has 2 rings (SSSR count). The van der Waals surface area contributed by atoms with Crippen molar-refractivity contribution in [3.8, 4) is 11.1 Å². The number of rotatable bonds is 1. The minimum atomic E-state index is 0.721. The van der Waals surface area contributed by atoms with E-state index in [9.17, 15) is 0 Å². The number of benzene rings is 1. The van der Waals surface area contributed by atoms with E-state index < -0.39 is 0 Å². The van der Waals surface area contributed by atoms with Crippen molar-refractivity contribution in [3.63, 3.8) is 0 Å². The van der Waals surface area contributed by atoms with Crippen LogP contribution >= 0.6 is 27.5 Å². The molecular weight excluding hydrogens is 251 g/mol. The van der Waals surface area contributed by atoms with Crippen molar-refractivity contribution < 1.29 is 0 Å². The average molecular weight is 258 g/mol. The number of H-pyrrole nitrogens is 1. The van der Waals surface area contributed by atoms with Crippen LogP contribution in [-0.4, -0.2) is 10.2 Å². The van der Waals surface area contributed by atoms with Crippen LogP contribution in [-0.2, 0) is 0 Å². The SMILES string of the molecule is Clc1ccc(-c2cn[nH]c2)c(Br)c1. The van der Waals surface area contributed by atoms with Gasteiger partial charge in [-0.15, -0.1) is 0 Å². The highest BCUT2D eigenvalue weighted by Crippen LogP contribution is 2.29. The van der Waals surface area contributed by atoms with Gasteiger partial charge < -0.3 is 0 Å². The molecule has 0 unspecified atom stereocenters. The van der Waals surface area contributed by atoms with E-state index in [1.165, 1.54) is 0 Å². The van der Waals surface area contributed by atoms with Gasteiger partial charge in [-0.2, -0.15) is 5.10 Å². The summed E-state index contributed by atoms with van der Waals surface area (Å²) in [5.41, 5.74) is 2.13. The molecule has 0 spiro atoms. The summed E-state index contributed by atoms with van der Waals surface area (Å²) in [6.45, 7) is 0. The first-order valence-electron chi connectivity index (χ1n) is 3.71. The number of nitrogens with one attached hydrogen (secondary N) is 1. The maximum Gasteiger partial charge on any atom is 0.0566 e. The molecule has 2 aromatic rings. The first-order chi connectivity index (χ1) is 6.27. The van der Waals surface area contributed by atoms with Gasteiger partial charge in [-0.05, 0) is 17.7 Å². The fourth-order valence-corrected chi connectivity index (χ4v) is 2.03. The van der Waals surface area contributed by atoms with Gasteiger partial charge in [0.2, 0.25) is 0 Å². The quantitative estimate of drug-likeness (QED) is 0.832. The zero-order valence-electron chi connectivity index (χ0n) is 6.59. The summed E-state index contributed by atoms with van der Waals surface area (Å²) in [6, 6.07) is 5.68. The molecule has 0 radical (unpaired) electrons. The lowest BCUT2D eigenvalue weighted by Gasteiger charge is -2.00. The van der Waals surface area contributed by atoms with Crippen LogP contribution < -0.4 is 0 Å². The molecule has 13 heavy (non-hydrogen) atoms. The Kier molecular flexibility index (Phi) is 2.38. The van der Waals surface area contributed by atoms with Gasteiger partial charge in [-0.1, -0.05) is 33.6 Å². The molecule has 0 fully saturated rings. The maximum atomic E-state index is 5.82. The molecule has 1 heterocycles. The molecule has 0 aliphatic carbocycles. The lowest BCUT2D eigenvalue weighted by molar-refractivity contribution is 1.09. The van der Waals surface area contributed by atoms with Gasteiger partial charge in [-0.3, -0.25) is 5.10 Å². The standard InChI is InChI=1S/C9H6BrClN2/c10-9-3-7(11)1-2-8(9)6-4-12-13-5-6/h1-5H,(H,12,13). The molecule has 0 aliphatic heterocycles. The predicted octanol–water partition coefficient (Wildman–Crippen LogP) is 3.49. The highest BCUT2D eigenvalue weighted by molar-refractivity contribution is 9.10. The molecule has 66 valence electrons. The number of hydrogen-bond acceptors (Lipinski definition) is 1. The van der Waals surface area contributed by atoms with Gasteiger partial charge in [0.15, 0.2) is 0 Å². The van der Waals surface area contributed by atoms with Gasteiger partial charge in [-0.25, -0.2) is 0 Å².